The van der Waals surface area contributed by atoms with Crippen molar-refractivity contribution in [1.82, 2.24) is 5.32 Å². The van der Waals surface area contributed by atoms with Gasteiger partial charge in [-0.2, -0.15) is 0 Å². The fourth-order valence-electron chi connectivity index (χ4n) is 3.07. The fraction of sp³-hybridized carbons (Fsp3) is 0.200. The minimum atomic E-state index is -0.734. The second-order valence-corrected chi connectivity index (χ2v) is 7.09. The Balaban J connectivity index is 1.67. The van der Waals surface area contributed by atoms with Gasteiger partial charge >= 0.3 is 0 Å². The molecule has 2 atom stereocenters. The average Bonchev–Trinajstić information content (AvgIpc) is 2.64. The molecule has 5 nitrogen and oxygen atoms in total. The van der Waals surface area contributed by atoms with E-state index in [0.29, 0.717) is 17.7 Å². The Morgan fingerprint density at radius 3 is 2.62 bits per heavy atom. The molecule has 0 aliphatic heterocycles. The van der Waals surface area contributed by atoms with Crippen LogP contribution < -0.4 is 10.6 Å². The van der Waals surface area contributed by atoms with Crippen molar-refractivity contribution in [3.8, 4) is 0 Å². The molecule has 2 amide bonds. The van der Waals surface area contributed by atoms with Crippen molar-refractivity contribution in [2.24, 2.45) is 0 Å². The van der Waals surface area contributed by atoms with Gasteiger partial charge in [0.2, 0.25) is 5.91 Å². The van der Waals surface area contributed by atoms with Gasteiger partial charge in [-0.3, -0.25) is 9.59 Å². The number of halogens is 1. The lowest BCUT2D eigenvalue weighted by Gasteiger charge is -2.31. The quantitative estimate of drug-likeness (QED) is 0.671. The number of aryl methyl sites for hydroxylation is 1. The smallest absolute Gasteiger partial charge is 0.251 e. The van der Waals surface area contributed by atoms with Crippen LogP contribution in [0.15, 0.2) is 59.6 Å². The van der Waals surface area contributed by atoms with Crippen LogP contribution in [0.4, 0.5) is 5.69 Å². The normalized spacial score (nSPS) is 18.5. The summed E-state index contributed by atoms with van der Waals surface area (Å²) in [5.74, 6) is -0.561. The van der Waals surface area contributed by atoms with E-state index in [1.807, 2.05) is 18.2 Å². The molecule has 0 saturated heterocycles. The van der Waals surface area contributed by atoms with Crippen LogP contribution in [-0.4, -0.2) is 23.0 Å². The highest BCUT2D eigenvalue weighted by Gasteiger charge is 2.29. The summed E-state index contributed by atoms with van der Waals surface area (Å²) in [5.41, 5.74) is 3.01. The summed E-state index contributed by atoms with van der Waals surface area (Å²) in [4.78, 5) is 23.8. The first kappa shape index (κ1) is 18.4. The van der Waals surface area contributed by atoms with Gasteiger partial charge in [-0.1, -0.05) is 28.6 Å². The second kappa shape index (κ2) is 7.85. The monoisotopic (exact) mass is 414 g/mol. The second-order valence-electron chi connectivity index (χ2n) is 6.18. The molecular weight excluding hydrogens is 396 g/mol. The maximum atomic E-state index is 12.5. The van der Waals surface area contributed by atoms with Crippen molar-refractivity contribution in [2.75, 3.05) is 5.32 Å². The van der Waals surface area contributed by atoms with Crippen molar-refractivity contribution < 1.29 is 14.7 Å². The van der Waals surface area contributed by atoms with Crippen molar-refractivity contribution in [3.05, 3.63) is 76.3 Å². The first-order valence-electron chi connectivity index (χ1n) is 8.28. The molecule has 0 saturated carbocycles. The summed E-state index contributed by atoms with van der Waals surface area (Å²) in [6.07, 6.45) is 1.91. The Kier molecular flexibility index (Phi) is 5.54. The summed E-state index contributed by atoms with van der Waals surface area (Å²) < 4.78 is 0.981. The highest BCUT2D eigenvalue weighted by atomic mass is 79.9. The third kappa shape index (κ3) is 4.03. The summed E-state index contributed by atoms with van der Waals surface area (Å²) in [6.45, 7) is 3.39. The lowest BCUT2D eigenvalue weighted by atomic mass is 9.86. The van der Waals surface area contributed by atoms with Crippen molar-refractivity contribution in [2.45, 2.75) is 25.0 Å². The molecule has 1 aliphatic rings. The summed E-state index contributed by atoms with van der Waals surface area (Å²) in [7, 11) is 0. The number of fused-ring (bicyclic) bond motifs is 1. The van der Waals surface area contributed by atoms with E-state index in [0.717, 1.165) is 22.0 Å². The fourth-order valence-corrected chi connectivity index (χ4v) is 3.47. The zero-order chi connectivity index (χ0) is 18.7. The number of carbonyl (C=O) groups is 2. The number of nitrogens with one attached hydrogen (secondary N) is 2. The molecule has 1 aliphatic carbocycles. The van der Waals surface area contributed by atoms with Gasteiger partial charge < -0.3 is 15.7 Å². The number of aliphatic hydroxyl groups is 1. The van der Waals surface area contributed by atoms with Gasteiger partial charge in [0.15, 0.2) is 0 Å². The van der Waals surface area contributed by atoms with Crippen LogP contribution in [-0.2, 0) is 11.2 Å². The van der Waals surface area contributed by atoms with Crippen molar-refractivity contribution in [3.63, 3.8) is 0 Å². The number of anilines is 1. The zero-order valence-corrected chi connectivity index (χ0v) is 15.6. The number of hydrogen-bond donors (Lipinski definition) is 3. The topological polar surface area (TPSA) is 78.4 Å². The number of hydrogen-bond acceptors (Lipinski definition) is 3. The molecule has 0 bridgehead atoms. The van der Waals surface area contributed by atoms with E-state index in [9.17, 15) is 14.7 Å². The molecule has 2 aromatic rings. The Morgan fingerprint density at radius 1 is 1.19 bits per heavy atom. The van der Waals surface area contributed by atoms with Gasteiger partial charge in [0, 0.05) is 15.7 Å². The molecule has 0 fully saturated rings. The van der Waals surface area contributed by atoms with Gasteiger partial charge in [0.05, 0.1) is 12.1 Å². The van der Waals surface area contributed by atoms with Crippen molar-refractivity contribution in [1.29, 1.82) is 0 Å². The van der Waals surface area contributed by atoms with E-state index < -0.39 is 6.10 Å². The Morgan fingerprint density at radius 2 is 1.92 bits per heavy atom. The summed E-state index contributed by atoms with van der Waals surface area (Å²) in [5, 5.41) is 16.1. The van der Waals surface area contributed by atoms with Crippen LogP contribution in [0, 0.1) is 0 Å². The molecule has 2 aromatic carbocycles. The van der Waals surface area contributed by atoms with E-state index in [4.69, 9.17) is 0 Å². The lowest BCUT2D eigenvalue weighted by Crippen LogP contribution is -2.41. The third-order valence-electron chi connectivity index (χ3n) is 4.45. The molecule has 0 spiro atoms. The standard InChI is InChI=1S/C20H19BrN2O3/c1-2-18(24)22-15-7-3-12(4-8-15)20(26)23-17-10-5-13-11-14(21)6-9-16(13)19(17)25/h2-4,6-9,11,17,19,25H,1,5,10H2,(H,22,24)(H,23,26)/t17-,19-/m0/s1. The molecule has 0 unspecified atom stereocenters. The van der Waals surface area contributed by atoms with Gasteiger partial charge in [0.1, 0.15) is 0 Å². The first-order chi connectivity index (χ1) is 12.5. The van der Waals surface area contributed by atoms with Gasteiger partial charge in [-0.25, -0.2) is 0 Å². The molecule has 26 heavy (non-hydrogen) atoms. The Bertz CT molecular complexity index is 849. The molecule has 0 radical (unpaired) electrons. The maximum Gasteiger partial charge on any atom is 0.251 e. The summed E-state index contributed by atoms with van der Waals surface area (Å²) >= 11 is 3.44. The van der Waals surface area contributed by atoms with E-state index in [2.05, 4.69) is 33.1 Å². The van der Waals surface area contributed by atoms with E-state index >= 15 is 0 Å². The SMILES string of the molecule is C=CC(=O)Nc1ccc(C(=O)N[C@H]2CCc3cc(Br)ccc3[C@@H]2O)cc1. The van der Waals surface area contributed by atoms with E-state index in [-0.39, 0.29) is 17.9 Å². The number of amides is 2. The van der Waals surface area contributed by atoms with Crippen LogP contribution in [0.25, 0.3) is 0 Å². The zero-order valence-electron chi connectivity index (χ0n) is 14.0. The van der Waals surface area contributed by atoms with Crippen LogP contribution >= 0.6 is 15.9 Å². The van der Waals surface area contributed by atoms with Gasteiger partial charge in [0.25, 0.3) is 5.91 Å². The first-order valence-corrected chi connectivity index (χ1v) is 9.08. The van der Waals surface area contributed by atoms with Gasteiger partial charge in [-0.05, 0) is 66.4 Å². The maximum absolute atomic E-state index is 12.5. The largest absolute Gasteiger partial charge is 0.386 e. The van der Waals surface area contributed by atoms with Crippen LogP contribution in [0.2, 0.25) is 0 Å². The highest BCUT2D eigenvalue weighted by molar-refractivity contribution is 9.10. The molecule has 6 heteroatoms. The van der Waals surface area contributed by atoms with Crippen molar-refractivity contribution >= 4 is 33.4 Å². The molecular formula is C20H19BrN2O3. The molecule has 0 aromatic heterocycles. The number of benzene rings is 2. The number of carbonyl (C=O) groups excluding carboxylic acids is 2. The minimum absolute atomic E-state index is 0.254. The Labute approximate surface area is 160 Å². The highest BCUT2D eigenvalue weighted by Crippen LogP contribution is 2.32. The number of rotatable bonds is 4. The molecule has 134 valence electrons. The predicted molar refractivity (Wildman–Crippen MR) is 104 cm³/mol. The minimum Gasteiger partial charge on any atom is -0.386 e. The number of aliphatic hydroxyl groups excluding tert-OH is 1. The molecule has 3 rings (SSSR count). The molecule has 3 N–H and O–H groups in total. The van der Waals surface area contributed by atoms with Crippen LogP contribution in [0.3, 0.4) is 0 Å². The van der Waals surface area contributed by atoms with Crippen LogP contribution in [0.5, 0.6) is 0 Å². The van der Waals surface area contributed by atoms with E-state index in [1.165, 1.54) is 6.08 Å². The molecule has 0 heterocycles. The third-order valence-corrected chi connectivity index (χ3v) is 4.94. The van der Waals surface area contributed by atoms with Crippen LogP contribution in [0.1, 0.15) is 34.0 Å². The lowest BCUT2D eigenvalue weighted by molar-refractivity contribution is -0.111. The Hall–Kier alpha value is -2.44. The van der Waals surface area contributed by atoms with E-state index in [1.54, 1.807) is 24.3 Å². The predicted octanol–water partition coefficient (Wildman–Crippen LogP) is 3.35. The summed E-state index contributed by atoms with van der Waals surface area (Å²) in [6, 6.07) is 12.0. The van der Waals surface area contributed by atoms with Gasteiger partial charge in [-0.15, -0.1) is 0 Å². The average molecular weight is 415 g/mol.